The fourth-order valence-corrected chi connectivity index (χ4v) is 11.2. The molecule has 4 aromatic rings. The molecule has 4 aliphatic heterocycles. The Hall–Kier alpha value is -7.19. The molecule has 3 atom stereocenters. The molecule has 5 heterocycles. The van der Waals surface area contributed by atoms with Crippen molar-refractivity contribution in [2.24, 2.45) is 9.98 Å². The fraction of sp³-hybridized carbons (Fsp3) is 0.417. The van der Waals surface area contributed by atoms with Gasteiger partial charge in [0.1, 0.15) is 18.2 Å². The maximum absolute atomic E-state index is 13.6. The number of hydrogen-bond acceptors (Lipinski definition) is 17. The third-order valence-corrected chi connectivity index (χ3v) is 16.1. The fourth-order valence-electron chi connectivity index (χ4n) is 9.10. The summed E-state index contributed by atoms with van der Waals surface area (Å²) in [6, 6.07) is 18.0. The predicted molar refractivity (Wildman–Crippen MR) is 312 cm³/mol. The van der Waals surface area contributed by atoms with E-state index in [1.165, 1.54) is 14.2 Å². The lowest BCUT2D eigenvalue weighted by Gasteiger charge is -2.20. The second-order valence-electron chi connectivity index (χ2n) is 19.4. The van der Waals surface area contributed by atoms with E-state index in [1.54, 1.807) is 74.3 Å². The number of rotatable bonds is 30. The quantitative estimate of drug-likeness (QED) is 0.0220. The zero-order valence-corrected chi connectivity index (χ0v) is 47.7. The number of pyridine rings is 1. The number of fused-ring (bicyclic) bond motifs is 4. The Balaban J connectivity index is 0.762. The zero-order chi connectivity index (χ0) is 56.9. The summed E-state index contributed by atoms with van der Waals surface area (Å²) in [7, 11) is 6.37. The lowest BCUT2D eigenvalue weighted by Crippen LogP contribution is -2.35. The molecular formula is C60H69N7O12S2. The molecule has 0 saturated carbocycles. The highest BCUT2D eigenvalue weighted by Gasteiger charge is 2.36. The first-order valence-electron chi connectivity index (χ1n) is 26.9. The number of aliphatic imine (C=N–C) groups is 2. The molecule has 4 amide bonds. The van der Waals surface area contributed by atoms with Gasteiger partial charge in [-0.2, -0.15) is 0 Å². The van der Waals surface area contributed by atoms with Gasteiger partial charge in [-0.05, 0) is 83.6 Å². The minimum atomic E-state index is -0.214. The number of ether oxygens (including phenoxy) is 8. The van der Waals surface area contributed by atoms with Crippen LogP contribution in [0.3, 0.4) is 0 Å². The monoisotopic (exact) mass is 1140 g/mol. The van der Waals surface area contributed by atoms with E-state index in [0.29, 0.717) is 141 Å². The smallest absolute Gasteiger partial charge is 0.257 e. The Labute approximate surface area is 481 Å². The summed E-state index contributed by atoms with van der Waals surface area (Å²) in [6.45, 7) is 14.8. The van der Waals surface area contributed by atoms with Crippen molar-refractivity contribution in [3.63, 3.8) is 0 Å². The molecule has 0 bridgehead atoms. The number of aromatic nitrogens is 1. The standard InChI is InChI=1S/C60H69N7O12S2/c1-40-25-46-34-64-50-32-54(52(72-4)30-48(50)59(70)66(46)36-40)78-38-44-27-43(28-45(29-44)39-79-55-33-51-49(31-53(55)73-5)60(71)67-37-41(2)26-47(67)35-65-51)9-8-15-61-57(69)13-17-74-19-21-76-23-24-77-22-20-75-18-16-62-56(68)12-11-42(3)80-81-58-10-6-7-14-63-58/h6-7,10,14,27-35,42,46-47H,1-2,11-13,15-26,36-39H2,3-5H3,(H,61,69)(H,62,68). The van der Waals surface area contributed by atoms with Crippen LogP contribution in [0.5, 0.6) is 23.0 Å². The molecule has 19 nitrogen and oxygen atoms in total. The minimum absolute atomic E-state index is 0.00991. The van der Waals surface area contributed by atoms with Crippen LogP contribution in [0, 0.1) is 11.8 Å². The second kappa shape index (κ2) is 30.6. The SMILES string of the molecule is C=C1CC2C=Nc3cc(OCc4cc(C#CCNC(=O)CCOCCOCCOCCOCCNC(=O)CCC(C)SSc5ccccn5)cc(COc5cc6c(cc5OC)C(=O)N5CC(=C)CC5C=N6)c4)c(OC)cc3C(=O)N2C1. The number of carbonyl (C=O) groups excluding carboxylic acids is 4. The number of amides is 4. The van der Waals surface area contributed by atoms with Crippen LogP contribution in [0.1, 0.15) is 76.4 Å². The predicted octanol–water partition coefficient (Wildman–Crippen LogP) is 7.88. The Morgan fingerprint density at radius 1 is 0.691 bits per heavy atom. The van der Waals surface area contributed by atoms with Gasteiger partial charge in [0.05, 0.1) is 108 Å². The topological polar surface area (TPSA) is 210 Å². The molecule has 1 aromatic heterocycles. The molecule has 2 saturated heterocycles. The highest BCUT2D eigenvalue weighted by atomic mass is 33.1. The van der Waals surface area contributed by atoms with Gasteiger partial charge in [0, 0.05) is 74.0 Å². The largest absolute Gasteiger partial charge is 0.493 e. The maximum atomic E-state index is 13.6. The van der Waals surface area contributed by atoms with Gasteiger partial charge in [0.25, 0.3) is 11.8 Å². The maximum Gasteiger partial charge on any atom is 0.257 e. The average molecular weight is 1140 g/mol. The van der Waals surface area contributed by atoms with Crippen molar-refractivity contribution < 1.29 is 57.1 Å². The molecule has 0 aliphatic carbocycles. The molecule has 81 heavy (non-hydrogen) atoms. The van der Waals surface area contributed by atoms with Crippen molar-refractivity contribution in [2.75, 3.05) is 93.3 Å². The van der Waals surface area contributed by atoms with Crippen molar-refractivity contribution >= 4 is 69.0 Å². The summed E-state index contributed by atoms with van der Waals surface area (Å²) < 4.78 is 46.5. The van der Waals surface area contributed by atoms with Crippen LogP contribution < -0.4 is 29.6 Å². The van der Waals surface area contributed by atoms with Crippen LogP contribution in [-0.2, 0) is 41.8 Å². The van der Waals surface area contributed by atoms with Gasteiger partial charge in [0.15, 0.2) is 23.0 Å². The number of hydrogen-bond donors (Lipinski definition) is 2. The van der Waals surface area contributed by atoms with Gasteiger partial charge in [-0.15, -0.1) is 0 Å². The molecule has 0 radical (unpaired) electrons. The summed E-state index contributed by atoms with van der Waals surface area (Å²) in [5, 5.41) is 7.00. The molecule has 2 fully saturated rings. The van der Waals surface area contributed by atoms with Crippen molar-refractivity contribution in [1.29, 1.82) is 0 Å². The molecule has 21 heteroatoms. The van der Waals surface area contributed by atoms with E-state index >= 15 is 0 Å². The number of nitrogens with zero attached hydrogens (tertiary/aromatic N) is 5. The van der Waals surface area contributed by atoms with Crippen molar-refractivity contribution in [3.05, 3.63) is 119 Å². The lowest BCUT2D eigenvalue weighted by atomic mass is 10.1. The van der Waals surface area contributed by atoms with Crippen molar-refractivity contribution in [2.45, 2.75) is 74.6 Å². The van der Waals surface area contributed by atoms with Crippen LogP contribution in [-0.4, -0.2) is 161 Å². The average Bonchev–Trinajstić information content (AvgIpc) is 4.05. The number of methoxy groups -OCH3 is 2. The summed E-state index contributed by atoms with van der Waals surface area (Å²) in [4.78, 5) is 69.3. The van der Waals surface area contributed by atoms with Crippen LogP contribution in [0.25, 0.3) is 0 Å². The summed E-state index contributed by atoms with van der Waals surface area (Å²) in [5.41, 5.74) is 5.91. The van der Waals surface area contributed by atoms with E-state index < -0.39 is 0 Å². The number of benzene rings is 3. The van der Waals surface area contributed by atoms with Crippen LogP contribution in [0.15, 0.2) is 106 Å². The molecular weight excluding hydrogens is 1070 g/mol. The Morgan fingerprint density at radius 2 is 1.23 bits per heavy atom. The Morgan fingerprint density at radius 3 is 1.78 bits per heavy atom. The van der Waals surface area contributed by atoms with E-state index in [1.807, 2.05) is 36.4 Å². The first kappa shape index (κ1) is 59.9. The first-order chi connectivity index (χ1) is 39.4. The third-order valence-electron chi connectivity index (χ3n) is 13.2. The van der Waals surface area contributed by atoms with E-state index in [0.717, 1.165) is 33.7 Å². The van der Waals surface area contributed by atoms with Crippen molar-refractivity contribution in [1.82, 2.24) is 25.4 Å². The first-order valence-corrected chi connectivity index (χ1v) is 29.1. The van der Waals surface area contributed by atoms with Gasteiger partial charge >= 0.3 is 0 Å². The van der Waals surface area contributed by atoms with E-state index in [2.05, 4.69) is 57.5 Å². The molecule has 3 aromatic carbocycles. The Bertz CT molecular complexity index is 2890. The van der Waals surface area contributed by atoms with Gasteiger partial charge in [-0.3, -0.25) is 29.2 Å². The van der Waals surface area contributed by atoms with Crippen LogP contribution in [0.2, 0.25) is 0 Å². The molecule has 428 valence electrons. The zero-order valence-electron chi connectivity index (χ0n) is 46.0. The van der Waals surface area contributed by atoms with Gasteiger partial charge in [-0.25, -0.2) is 4.98 Å². The Kier molecular flexibility index (Phi) is 22.6. The van der Waals surface area contributed by atoms with E-state index in [4.69, 9.17) is 37.9 Å². The molecule has 2 N–H and O–H groups in total. The highest BCUT2D eigenvalue weighted by Crippen LogP contribution is 2.41. The van der Waals surface area contributed by atoms with Gasteiger partial charge in [0.2, 0.25) is 11.8 Å². The van der Waals surface area contributed by atoms with Crippen molar-refractivity contribution in [3.8, 4) is 34.8 Å². The van der Waals surface area contributed by atoms with Gasteiger partial charge in [-0.1, -0.05) is 59.9 Å². The molecule has 0 spiro atoms. The molecule has 8 rings (SSSR count). The summed E-state index contributed by atoms with van der Waals surface area (Å²) in [5.74, 6) is 7.29. The van der Waals surface area contributed by atoms with E-state index in [-0.39, 0.29) is 68.5 Å². The second-order valence-corrected chi connectivity index (χ2v) is 22.1. The highest BCUT2D eigenvalue weighted by molar-refractivity contribution is 8.76. The van der Waals surface area contributed by atoms with Gasteiger partial charge < -0.3 is 58.3 Å². The normalized spacial score (nSPS) is 16.3. The third kappa shape index (κ3) is 17.7. The minimum Gasteiger partial charge on any atom is -0.493 e. The number of nitrogens with one attached hydrogen (secondary N) is 2. The molecule has 3 unspecified atom stereocenters. The lowest BCUT2D eigenvalue weighted by molar-refractivity contribution is -0.122. The van der Waals surface area contributed by atoms with Crippen LogP contribution >= 0.6 is 21.6 Å². The number of carbonyl (C=O) groups is 4. The van der Waals surface area contributed by atoms with E-state index in [9.17, 15) is 19.2 Å². The van der Waals surface area contributed by atoms with Crippen LogP contribution in [0.4, 0.5) is 11.4 Å². The molecule has 4 aliphatic rings. The summed E-state index contributed by atoms with van der Waals surface area (Å²) in [6.07, 6.45) is 8.05. The summed E-state index contributed by atoms with van der Waals surface area (Å²) >= 11 is 0.